The van der Waals surface area contributed by atoms with E-state index in [4.69, 9.17) is 0 Å². The molecule has 2 aromatic carbocycles. The molecule has 1 atom stereocenters. The summed E-state index contributed by atoms with van der Waals surface area (Å²) in [6, 6.07) is 15.9. The van der Waals surface area contributed by atoms with Crippen LogP contribution in [0.2, 0.25) is 0 Å². The van der Waals surface area contributed by atoms with Crippen molar-refractivity contribution in [1.82, 2.24) is 5.32 Å². The van der Waals surface area contributed by atoms with Gasteiger partial charge in [-0.05, 0) is 42.7 Å². The second-order valence-electron chi connectivity index (χ2n) is 7.83. The van der Waals surface area contributed by atoms with E-state index in [0.29, 0.717) is 17.8 Å². The van der Waals surface area contributed by atoms with Crippen LogP contribution in [0.15, 0.2) is 54.6 Å². The molecule has 30 heavy (non-hydrogen) atoms. The quantitative estimate of drug-likeness (QED) is 0.651. The third-order valence-electron chi connectivity index (χ3n) is 5.36. The highest BCUT2D eigenvalue weighted by molar-refractivity contribution is 5.98. The smallest absolute Gasteiger partial charge is 0.247 e. The van der Waals surface area contributed by atoms with Gasteiger partial charge < -0.3 is 16.0 Å². The molecule has 0 radical (unpaired) electrons. The summed E-state index contributed by atoms with van der Waals surface area (Å²) in [6.07, 6.45) is 5.50. The second kappa shape index (κ2) is 10.6. The minimum absolute atomic E-state index is 0.0123. The van der Waals surface area contributed by atoms with Crippen LogP contribution in [0.1, 0.15) is 44.6 Å². The molecule has 1 saturated carbocycles. The maximum absolute atomic E-state index is 13.0. The van der Waals surface area contributed by atoms with E-state index >= 15 is 0 Å². The van der Waals surface area contributed by atoms with Crippen LogP contribution in [-0.2, 0) is 20.8 Å². The highest BCUT2D eigenvalue weighted by Gasteiger charge is 2.27. The van der Waals surface area contributed by atoms with Crippen molar-refractivity contribution in [1.29, 1.82) is 0 Å². The van der Waals surface area contributed by atoms with Gasteiger partial charge in [-0.2, -0.15) is 0 Å². The summed E-state index contributed by atoms with van der Waals surface area (Å²) in [4.78, 5) is 36.9. The SMILES string of the molecule is CC(=O)Nc1ccc(NC(=O)[C@H](Cc2ccccc2)NC(=O)C2CCCCC2)cc1. The fraction of sp³-hybridized carbons (Fsp3) is 0.375. The highest BCUT2D eigenvalue weighted by Crippen LogP contribution is 2.24. The maximum atomic E-state index is 13.0. The third kappa shape index (κ3) is 6.44. The van der Waals surface area contributed by atoms with Crippen molar-refractivity contribution >= 4 is 29.1 Å². The second-order valence-corrected chi connectivity index (χ2v) is 7.83. The van der Waals surface area contributed by atoms with Gasteiger partial charge >= 0.3 is 0 Å². The summed E-state index contributed by atoms with van der Waals surface area (Å²) in [5.41, 5.74) is 2.26. The highest BCUT2D eigenvalue weighted by atomic mass is 16.2. The van der Waals surface area contributed by atoms with Gasteiger partial charge in [0.2, 0.25) is 17.7 Å². The molecule has 0 bridgehead atoms. The molecule has 158 valence electrons. The van der Waals surface area contributed by atoms with Crippen molar-refractivity contribution < 1.29 is 14.4 Å². The third-order valence-corrected chi connectivity index (χ3v) is 5.36. The van der Waals surface area contributed by atoms with Gasteiger partial charge in [0.1, 0.15) is 6.04 Å². The molecule has 3 N–H and O–H groups in total. The number of benzene rings is 2. The first-order valence-corrected chi connectivity index (χ1v) is 10.5. The summed E-state index contributed by atoms with van der Waals surface area (Å²) in [5.74, 6) is -0.455. The lowest BCUT2D eigenvalue weighted by Gasteiger charge is -2.25. The van der Waals surface area contributed by atoms with Crippen molar-refractivity contribution in [3.05, 3.63) is 60.2 Å². The number of anilines is 2. The van der Waals surface area contributed by atoms with Crippen LogP contribution in [0.25, 0.3) is 0 Å². The predicted octanol–water partition coefficient (Wildman–Crippen LogP) is 3.89. The number of carbonyl (C=O) groups excluding carboxylic acids is 3. The van der Waals surface area contributed by atoms with Gasteiger partial charge in [-0.1, -0.05) is 49.6 Å². The van der Waals surface area contributed by atoms with Crippen LogP contribution < -0.4 is 16.0 Å². The number of nitrogens with one attached hydrogen (secondary N) is 3. The summed E-state index contributed by atoms with van der Waals surface area (Å²) in [6.45, 7) is 1.44. The van der Waals surface area contributed by atoms with Crippen LogP contribution >= 0.6 is 0 Å². The largest absolute Gasteiger partial charge is 0.344 e. The van der Waals surface area contributed by atoms with Crippen molar-refractivity contribution in [3.8, 4) is 0 Å². The molecule has 6 heteroatoms. The lowest BCUT2D eigenvalue weighted by molar-refractivity contribution is -0.130. The molecule has 1 aliphatic carbocycles. The zero-order valence-electron chi connectivity index (χ0n) is 17.3. The monoisotopic (exact) mass is 407 g/mol. The van der Waals surface area contributed by atoms with Crippen molar-refractivity contribution in [2.45, 2.75) is 51.5 Å². The Morgan fingerprint density at radius 3 is 2.07 bits per heavy atom. The molecule has 0 unspecified atom stereocenters. The number of rotatable bonds is 7. The van der Waals surface area contributed by atoms with Gasteiger partial charge in [0.25, 0.3) is 0 Å². The van der Waals surface area contributed by atoms with Crippen LogP contribution in [0.3, 0.4) is 0 Å². The number of hydrogen-bond donors (Lipinski definition) is 3. The zero-order valence-corrected chi connectivity index (χ0v) is 17.3. The molecule has 2 aromatic rings. The van der Waals surface area contributed by atoms with E-state index in [1.807, 2.05) is 30.3 Å². The van der Waals surface area contributed by atoms with E-state index in [9.17, 15) is 14.4 Å². The minimum atomic E-state index is -0.656. The Labute approximate surface area is 177 Å². The van der Waals surface area contributed by atoms with Crippen LogP contribution in [0, 0.1) is 5.92 Å². The molecular weight excluding hydrogens is 378 g/mol. The van der Waals surface area contributed by atoms with Gasteiger partial charge in [-0.25, -0.2) is 0 Å². The van der Waals surface area contributed by atoms with Crippen LogP contribution in [0.5, 0.6) is 0 Å². The Balaban J connectivity index is 1.68. The molecule has 0 spiro atoms. The molecule has 0 aromatic heterocycles. The van der Waals surface area contributed by atoms with Gasteiger partial charge in [-0.3, -0.25) is 14.4 Å². The summed E-state index contributed by atoms with van der Waals surface area (Å²) < 4.78 is 0. The molecular formula is C24H29N3O3. The molecule has 3 rings (SSSR count). The Morgan fingerprint density at radius 1 is 0.867 bits per heavy atom. The van der Waals surface area contributed by atoms with E-state index < -0.39 is 6.04 Å². The average molecular weight is 408 g/mol. The average Bonchev–Trinajstić information content (AvgIpc) is 2.75. The Bertz CT molecular complexity index is 859. The zero-order chi connectivity index (χ0) is 21.3. The van der Waals surface area contributed by atoms with E-state index in [2.05, 4.69) is 16.0 Å². The summed E-state index contributed by atoms with van der Waals surface area (Å²) in [7, 11) is 0. The standard InChI is InChI=1S/C24H29N3O3/c1-17(28)25-20-12-14-21(15-13-20)26-24(30)22(16-18-8-4-2-5-9-18)27-23(29)19-10-6-3-7-11-19/h2,4-5,8-9,12-15,19,22H,3,6-7,10-11,16H2,1H3,(H,25,28)(H,26,30)(H,27,29)/t22-/m0/s1. The lowest BCUT2D eigenvalue weighted by atomic mass is 9.88. The van der Waals surface area contributed by atoms with Gasteiger partial charge in [0.05, 0.1) is 0 Å². The maximum Gasteiger partial charge on any atom is 0.247 e. The summed E-state index contributed by atoms with van der Waals surface area (Å²) in [5, 5.41) is 8.56. The number of hydrogen-bond acceptors (Lipinski definition) is 3. The van der Waals surface area contributed by atoms with Gasteiger partial charge in [0, 0.05) is 30.6 Å². The lowest BCUT2D eigenvalue weighted by Crippen LogP contribution is -2.47. The fourth-order valence-electron chi connectivity index (χ4n) is 3.78. The predicted molar refractivity (Wildman–Crippen MR) is 118 cm³/mol. The molecule has 6 nitrogen and oxygen atoms in total. The number of amides is 3. The Hall–Kier alpha value is -3.15. The molecule has 0 aliphatic heterocycles. The number of carbonyl (C=O) groups is 3. The van der Waals surface area contributed by atoms with E-state index in [-0.39, 0.29) is 23.6 Å². The molecule has 0 heterocycles. The van der Waals surface area contributed by atoms with E-state index in [1.54, 1.807) is 24.3 Å². The minimum Gasteiger partial charge on any atom is -0.344 e. The first-order chi connectivity index (χ1) is 14.5. The van der Waals surface area contributed by atoms with Crippen molar-refractivity contribution in [2.24, 2.45) is 5.92 Å². The molecule has 3 amide bonds. The molecule has 0 saturated heterocycles. The fourth-order valence-corrected chi connectivity index (χ4v) is 3.78. The normalized spacial score (nSPS) is 15.1. The topological polar surface area (TPSA) is 87.3 Å². The Morgan fingerprint density at radius 2 is 1.47 bits per heavy atom. The summed E-state index contributed by atoms with van der Waals surface area (Å²) >= 11 is 0. The van der Waals surface area contributed by atoms with Crippen LogP contribution in [0.4, 0.5) is 11.4 Å². The van der Waals surface area contributed by atoms with E-state index in [1.165, 1.54) is 13.3 Å². The van der Waals surface area contributed by atoms with Gasteiger partial charge in [-0.15, -0.1) is 0 Å². The molecule has 1 fully saturated rings. The van der Waals surface area contributed by atoms with Gasteiger partial charge in [0.15, 0.2) is 0 Å². The first kappa shape index (κ1) is 21.6. The van der Waals surface area contributed by atoms with Crippen molar-refractivity contribution in [3.63, 3.8) is 0 Å². The van der Waals surface area contributed by atoms with Crippen LogP contribution in [-0.4, -0.2) is 23.8 Å². The van der Waals surface area contributed by atoms with Crippen molar-refractivity contribution in [2.75, 3.05) is 10.6 Å². The van der Waals surface area contributed by atoms with E-state index in [0.717, 1.165) is 31.2 Å². The Kier molecular flexibility index (Phi) is 7.60. The first-order valence-electron chi connectivity index (χ1n) is 10.5. The molecule has 1 aliphatic rings.